The first-order valence-electron chi connectivity index (χ1n) is 11.8. The second kappa shape index (κ2) is 10.3. The Morgan fingerprint density at radius 3 is 2.47 bits per heavy atom. The maximum Gasteiger partial charge on any atom is 0.243 e. The lowest BCUT2D eigenvalue weighted by Gasteiger charge is -2.16. The second-order valence-electron chi connectivity index (χ2n) is 8.76. The summed E-state index contributed by atoms with van der Waals surface area (Å²) in [4.78, 5) is 37.4. The van der Waals surface area contributed by atoms with Crippen LogP contribution in [0.3, 0.4) is 0 Å². The number of nitrogens with zero attached hydrogens (tertiary/aromatic N) is 3. The quantitative estimate of drug-likeness (QED) is 0.356. The summed E-state index contributed by atoms with van der Waals surface area (Å²) in [6.45, 7) is 4.22. The molecule has 1 aliphatic rings. The number of carbonyl (C=O) groups excluding carboxylic acids is 2. The average molecular weight is 495 g/mol. The Morgan fingerprint density at radius 1 is 0.972 bits per heavy atom. The third-order valence-electron chi connectivity index (χ3n) is 6.17. The highest BCUT2D eigenvalue weighted by Gasteiger charge is 2.39. The number of carbonyl (C=O) groups is 2. The number of amidine groups is 1. The minimum atomic E-state index is -0.563. The van der Waals surface area contributed by atoms with Gasteiger partial charge in [-0.15, -0.1) is 0 Å². The maximum atomic E-state index is 13.5. The van der Waals surface area contributed by atoms with E-state index in [1.165, 1.54) is 11.8 Å². The van der Waals surface area contributed by atoms with Gasteiger partial charge in [-0.05, 0) is 48.6 Å². The fourth-order valence-electron chi connectivity index (χ4n) is 4.30. The summed E-state index contributed by atoms with van der Waals surface area (Å²) in [5.41, 5.74) is 4.33. The van der Waals surface area contributed by atoms with Crippen molar-refractivity contribution in [3.05, 3.63) is 102 Å². The second-order valence-corrected chi connectivity index (χ2v) is 9.93. The first-order valence-corrected chi connectivity index (χ1v) is 12.7. The molecule has 6 nitrogen and oxygen atoms in total. The normalized spacial score (nSPS) is 16.6. The van der Waals surface area contributed by atoms with Gasteiger partial charge in [-0.25, -0.2) is 4.99 Å². The van der Waals surface area contributed by atoms with E-state index in [1.54, 1.807) is 11.1 Å². The summed E-state index contributed by atoms with van der Waals surface area (Å²) < 4.78 is 0. The molecule has 2 amide bonds. The summed E-state index contributed by atoms with van der Waals surface area (Å²) >= 11 is 1.33. The predicted molar refractivity (Wildman–Crippen MR) is 146 cm³/mol. The summed E-state index contributed by atoms with van der Waals surface area (Å²) in [6, 6.07) is 25.5. The summed E-state index contributed by atoms with van der Waals surface area (Å²) in [5.74, 6) is -0.330. The molecular weight excluding hydrogens is 468 g/mol. The molecule has 1 atom stereocenters. The first-order chi connectivity index (χ1) is 17.5. The fraction of sp³-hybridized carbons (Fsp3) is 0.172. The number of hydrogen-bond acceptors (Lipinski definition) is 5. The van der Waals surface area contributed by atoms with Crippen molar-refractivity contribution in [2.75, 3.05) is 5.32 Å². The Bertz CT molecular complexity index is 1440. The van der Waals surface area contributed by atoms with Gasteiger partial charge in [0.1, 0.15) is 5.25 Å². The van der Waals surface area contributed by atoms with Crippen molar-refractivity contribution in [2.24, 2.45) is 4.99 Å². The molecule has 1 fully saturated rings. The van der Waals surface area contributed by atoms with E-state index < -0.39 is 5.25 Å². The van der Waals surface area contributed by atoms with E-state index in [4.69, 9.17) is 4.99 Å². The molecule has 0 bridgehead atoms. The molecule has 0 radical (unpaired) electrons. The third-order valence-corrected chi connectivity index (χ3v) is 7.34. The van der Waals surface area contributed by atoms with Crippen LogP contribution < -0.4 is 5.32 Å². The average Bonchev–Trinajstić information content (AvgIpc) is 3.16. The van der Waals surface area contributed by atoms with Crippen LogP contribution in [-0.4, -0.2) is 32.1 Å². The largest absolute Gasteiger partial charge is 0.326 e. The van der Waals surface area contributed by atoms with Gasteiger partial charge in [0.05, 0.1) is 17.9 Å². The number of aromatic nitrogens is 1. The number of rotatable bonds is 6. The van der Waals surface area contributed by atoms with Crippen molar-refractivity contribution >= 4 is 50.9 Å². The summed E-state index contributed by atoms with van der Waals surface area (Å²) in [6.07, 6.45) is 1.77. The van der Waals surface area contributed by atoms with Crippen LogP contribution >= 0.6 is 11.8 Å². The van der Waals surface area contributed by atoms with Gasteiger partial charge in [0.25, 0.3) is 0 Å². The van der Waals surface area contributed by atoms with Crippen molar-refractivity contribution in [3.8, 4) is 0 Å². The van der Waals surface area contributed by atoms with Crippen LogP contribution in [-0.2, 0) is 16.1 Å². The fourth-order valence-corrected chi connectivity index (χ4v) is 5.45. The van der Waals surface area contributed by atoms with Crippen LogP contribution in [0.1, 0.15) is 23.2 Å². The summed E-state index contributed by atoms with van der Waals surface area (Å²) in [5, 5.41) is 5.10. The van der Waals surface area contributed by atoms with Crippen molar-refractivity contribution in [1.82, 2.24) is 9.88 Å². The zero-order valence-electron chi connectivity index (χ0n) is 20.1. The number of amides is 2. The Balaban J connectivity index is 1.44. The van der Waals surface area contributed by atoms with Crippen LogP contribution in [0.4, 0.5) is 11.4 Å². The number of fused-ring (bicyclic) bond motifs is 1. The van der Waals surface area contributed by atoms with Gasteiger partial charge in [-0.1, -0.05) is 72.4 Å². The summed E-state index contributed by atoms with van der Waals surface area (Å²) in [7, 11) is 0. The molecule has 180 valence electrons. The molecule has 4 aromatic rings. The molecule has 3 aromatic carbocycles. The smallest absolute Gasteiger partial charge is 0.243 e. The molecular formula is C29H26N4O2S. The van der Waals surface area contributed by atoms with Gasteiger partial charge in [0.2, 0.25) is 11.8 Å². The highest BCUT2D eigenvalue weighted by atomic mass is 32.2. The van der Waals surface area contributed by atoms with E-state index in [1.807, 2.05) is 92.7 Å². The number of benzene rings is 3. The van der Waals surface area contributed by atoms with E-state index in [2.05, 4.69) is 10.3 Å². The Hall–Kier alpha value is -3.97. The molecule has 1 unspecified atom stereocenters. The molecule has 1 aromatic heterocycles. The zero-order valence-corrected chi connectivity index (χ0v) is 21.0. The minimum absolute atomic E-state index is 0.0601. The van der Waals surface area contributed by atoms with Gasteiger partial charge in [0.15, 0.2) is 5.17 Å². The molecule has 1 aliphatic heterocycles. The molecule has 1 saturated heterocycles. The van der Waals surface area contributed by atoms with Gasteiger partial charge in [0, 0.05) is 23.7 Å². The van der Waals surface area contributed by atoms with Crippen molar-refractivity contribution in [1.29, 1.82) is 0 Å². The minimum Gasteiger partial charge on any atom is -0.326 e. The number of para-hydroxylation sites is 1. The third kappa shape index (κ3) is 5.02. The van der Waals surface area contributed by atoms with Crippen LogP contribution in [0, 0.1) is 13.8 Å². The van der Waals surface area contributed by atoms with Crippen LogP contribution in [0.25, 0.3) is 10.8 Å². The van der Waals surface area contributed by atoms with E-state index in [9.17, 15) is 9.59 Å². The van der Waals surface area contributed by atoms with Crippen molar-refractivity contribution in [2.45, 2.75) is 32.1 Å². The standard InChI is InChI=1S/C29H26N4O2S/c1-19-9-7-10-20(2)27(19)32-26(34)17-25-28(35)33(18-22-13-5-6-16-30-22)29(36-25)31-24-15-8-12-21-11-3-4-14-23(21)24/h3-16,25H,17-18H2,1-2H3,(H,32,34). The lowest BCUT2D eigenvalue weighted by atomic mass is 10.1. The number of thioether (sulfide) groups is 1. The Kier molecular flexibility index (Phi) is 6.82. The molecule has 0 saturated carbocycles. The number of nitrogens with one attached hydrogen (secondary N) is 1. The topological polar surface area (TPSA) is 74.7 Å². The predicted octanol–water partition coefficient (Wildman–Crippen LogP) is 6.01. The Morgan fingerprint density at radius 2 is 1.69 bits per heavy atom. The molecule has 0 aliphatic carbocycles. The van der Waals surface area contributed by atoms with Gasteiger partial charge in [-0.2, -0.15) is 0 Å². The van der Waals surface area contributed by atoms with Gasteiger partial charge >= 0.3 is 0 Å². The molecule has 7 heteroatoms. The molecule has 5 rings (SSSR count). The van der Waals surface area contributed by atoms with E-state index in [0.29, 0.717) is 11.7 Å². The number of anilines is 1. The van der Waals surface area contributed by atoms with Gasteiger partial charge in [-0.3, -0.25) is 19.5 Å². The lowest BCUT2D eigenvalue weighted by molar-refractivity contribution is -0.128. The molecule has 2 heterocycles. The number of aryl methyl sites for hydroxylation is 2. The van der Waals surface area contributed by atoms with Crippen LogP contribution in [0.15, 0.2) is 90.1 Å². The number of hydrogen-bond donors (Lipinski definition) is 1. The lowest BCUT2D eigenvalue weighted by Crippen LogP contribution is -2.33. The van der Waals surface area contributed by atoms with Crippen LogP contribution in [0.5, 0.6) is 0 Å². The SMILES string of the molecule is Cc1cccc(C)c1NC(=O)CC1SC(=Nc2cccc3ccccc23)N(Cc2ccccn2)C1=O. The van der Waals surface area contributed by atoms with E-state index >= 15 is 0 Å². The number of pyridine rings is 1. The molecule has 36 heavy (non-hydrogen) atoms. The van der Waals surface area contributed by atoms with E-state index in [0.717, 1.165) is 39.0 Å². The Labute approximate surface area is 214 Å². The maximum absolute atomic E-state index is 13.5. The van der Waals surface area contributed by atoms with Crippen molar-refractivity contribution < 1.29 is 9.59 Å². The monoisotopic (exact) mass is 494 g/mol. The highest BCUT2D eigenvalue weighted by Crippen LogP contribution is 2.35. The van der Waals surface area contributed by atoms with Crippen molar-refractivity contribution in [3.63, 3.8) is 0 Å². The highest BCUT2D eigenvalue weighted by molar-refractivity contribution is 8.15. The zero-order chi connectivity index (χ0) is 25.1. The van der Waals surface area contributed by atoms with Gasteiger partial charge < -0.3 is 5.32 Å². The van der Waals surface area contributed by atoms with Crippen LogP contribution in [0.2, 0.25) is 0 Å². The number of aliphatic imine (C=N–C) groups is 1. The first kappa shape index (κ1) is 23.8. The van der Waals surface area contributed by atoms with E-state index in [-0.39, 0.29) is 18.2 Å². The molecule has 1 N–H and O–H groups in total. The molecule has 0 spiro atoms.